The Bertz CT molecular complexity index is 566. The third kappa shape index (κ3) is 4.36. The molecule has 0 spiro atoms. The van der Waals surface area contributed by atoms with Gasteiger partial charge >= 0.3 is 0 Å². The molecule has 0 saturated heterocycles. The van der Waals surface area contributed by atoms with Crippen molar-refractivity contribution in [2.45, 2.75) is 30.4 Å². The van der Waals surface area contributed by atoms with Gasteiger partial charge in [-0.3, -0.25) is 0 Å². The molecule has 0 fully saturated rings. The molecule has 0 amide bonds. The highest BCUT2D eigenvalue weighted by molar-refractivity contribution is 9.10. The van der Waals surface area contributed by atoms with Crippen LogP contribution in [0.1, 0.15) is 19.4 Å². The molecule has 108 valence electrons. The van der Waals surface area contributed by atoms with Crippen molar-refractivity contribution >= 4 is 27.7 Å². The Hall–Kier alpha value is -0.780. The summed E-state index contributed by atoms with van der Waals surface area (Å²) in [5, 5.41) is 4.51. The van der Waals surface area contributed by atoms with Gasteiger partial charge in [-0.15, -0.1) is 0 Å². The van der Waals surface area contributed by atoms with Crippen molar-refractivity contribution in [3.05, 3.63) is 40.6 Å². The van der Waals surface area contributed by atoms with Gasteiger partial charge in [-0.05, 0) is 36.2 Å². The van der Waals surface area contributed by atoms with Gasteiger partial charge in [0.05, 0.1) is 0 Å². The van der Waals surface area contributed by atoms with E-state index in [0.29, 0.717) is 5.92 Å². The van der Waals surface area contributed by atoms with Gasteiger partial charge in [0.1, 0.15) is 0 Å². The largest absolute Gasteiger partial charge is 0.329 e. The van der Waals surface area contributed by atoms with E-state index in [2.05, 4.69) is 58.3 Å². The molecule has 0 atom stereocenters. The molecule has 0 saturated carbocycles. The Morgan fingerprint density at radius 3 is 2.85 bits per heavy atom. The maximum absolute atomic E-state index is 4.38. The molecular weight excluding hydrogens is 334 g/mol. The van der Waals surface area contributed by atoms with Crippen LogP contribution in [0.2, 0.25) is 0 Å². The van der Waals surface area contributed by atoms with Crippen LogP contribution in [0.15, 0.2) is 45.1 Å². The lowest BCUT2D eigenvalue weighted by Crippen LogP contribution is -2.19. The molecular formula is C15H20BrN3S. The van der Waals surface area contributed by atoms with Crippen LogP contribution in [0.5, 0.6) is 0 Å². The molecule has 1 aromatic heterocycles. The summed E-state index contributed by atoms with van der Waals surface area (Å²) in [5.74, 6) is 0.660. The van der Waals surface area contributed by atoms with E-state index in [1.165, 1.54) is 10.5 Å². The molecule has 3 nitrogen and oxygen atoms in total. The predicted molar refractivity (Wildman–Crippen MR) is 88.0 cm³/mol. The van der Waals surface area contributed by atoms with E-state index in [1.807, 2.05) is 24.0 Å². The molecule has 20 heavy (non-hydrogen) atoms. The quantitative estimate of drug-likeness (QED) is 0.848. The Balaban J connectivity index is 2.13. The predicted octanol–water partition coefficient (Wildman–Crippen LogP) is 4.08. The van der Waals surface area contributed by atoms with Crippen LogP contribution >= 0.6 is 27.7 Å². The van der Waals surface area contributed by atoms with Gasteiger partial charge in [-0.25, -0.2) is 4.98 Å². The highest BCUT2D eigenvalue weighted by atomic mass is 79.9. The number of hydrogen-bond donors (Lipinski definition) is 1. The third-order valence-electron chi connectivity index (χ3n) is 2.87. The molecule has 0 unspecified atom stereocenters. The number of aryl methyl sites for hydroxylation is 1. The Morgan fingerprint density at radius 1 is 1.40 bits per heavy atom. The maximum Gasteiger partial charge on any atom is 0.172 e. The molecule has 1 heterocycles. The first kappa shape index (κ1) is 15.6. The van der Waals surface area contributed by atoms with Crippen LogP contribution < -0.4 is 5.32 Å². The van der Waals surface area contributed by atoms with Crippen LogP contribution in [0, 0.1) is 5.92 Å². The average Bonchev–Trinajstić information content (AvgIpc) is 2.78. The molecule has 0 aliphatic rings. The summed E-state index contributed by atoms with van der Waals surface area (Å²) in [6.07, 6.45) is 3.80. The molecule has 2 rings (SSSR count). The van der Waals surface area contributed by atoms with Crippen molar-refractivity contribution in [2.75, 3.05) is 6.54 Å². The first-order valence-corrected chi connectivity index (χ1v) is 8.31. The second-order valence-corrected chi connectivity index (χ2v) is 7.12. The number of aromatic nitrogens is 2. The number of imidazole rings is 1. The van der Waals surface area contributed by atoms with Gasteiger partial charge in [-0.1, -0.05) is 41.5 Å². The number of nitrogens with one attached hydrogen (secondary N) is 1. The minimum atomic E-state index is 0.660. The van der Waals surface area contributed by atoms with Gasteiger partial charge in [0, 0.05) is 35.4 Å². The van der Waals surface area contributed by atoms with E-state index in [4.69, 9.17) is 0 Å². The van der Waals surface area contributed by atoms with E-state index >= 15 is 0 Å². The van der Waals surface area contributed by atoms with Crippen molar-refractivity contribution in [2.24, 2.45) is 13.0 Å². The zero-order chi connectivity index (χ0) is 14.5. The summed E-state index contributed by atoms with van der Waals surface area (Å²) in [5.41, 5.74) is 1.30. The van der Waals surface area contributed by atoms with Crippen LogP contribution in [0.4, 0.5) is 0 Å². The van der Waals surface area contributed by atoms with Crippen molar-refractivity contribution < 1.29 is 0 Å². The molecule has 1 aromatic carbocycles. The minimum Gasteiger partial charge on any atom is -0.329 e. The molecule has 0 aliphatic heterocycles. The van der Waals surface area contributed by atoms with E-state index in [-0.39, 0.29) is 0 Å². The monoisotopic (exact) mass is 353 g/mol. The zero-order valence-corrected chi connectivity index (χ0v) is 14.5. The Kier molecular flexibility index (Phi) is 5.69. The Morgan fingerprint density at radius 2 is 2.20 bits per heavy atom. The molecule has 2 aromatic rings. The lowest BCUT2D eigenvalue weighted by atomic mass is 10.2. The second kappa shape index (κ2) is 7.29. The summed E-state index contributed by atoms with van der Waals surface area (Å²) in [6, 6.07) is 6.41. The lowest BCUT2D eigenvalue weighted by molar-refractivity contribution is 0.550. The SMILES string of the molecule is CC(C)CNCc1cc(Br)ccc1Sc1nccn1C. The van der Waals surface area contributed by atoms with E-state index in [9.17, 15) is 0 Å². The van der Waals surface area contributed by atoms with Crippen molar-refractivity contribution in [3.8, 4) is 0 Å². The summed E-state index contributed by atoms with van der Waals surface area (Å²) in [4.78, 5) is 5.63. The van der Waals surface area contributed by atoms with Crippen molar-refractivity contribution in [1.82, 2.24) is 14.9 Å². The molecule has 0 radical (unpaired) electrons. The molecule has 1 N–H and O–H groups in total. The summed E-state index contributed by atoms with van der Waals surface area (Å²) in [7, 11) is 2.02. The van der Waals surface area contributed by atoms with Crippen LogP contribution in [0.25, 0.3) is 0 Å². The second-order valence-electron chi connectivity index (χ2n) is 5.20. The fourth-order valence-corrected chi connectivity index (χ4v) is 3.15. The molecule has 0 bridgehead atoms. The van der Waals surface area contributed by atoms with Crippen LogP contribution in [-0.2, 0) is 13.6 Å². The first-order chi connectivity index (χ1) is 9.56. The van der Waals surface area contributed by atoms with Gasteiger partial charge in [0.2, 0.25) is 0 Å². The van der Waals surface area contributed by atoms with Crippen molar-refractivity contribution in [3.63, 3.8) is 0 Å². The number of halogens is 1. The van der Waals surface area contributed by atoms with E-state index in [1.54, 1.807) is 11.8 Å². The van der Waals surface area contributed by atoms with Crippen LogP contribution in [-0.4, -0.2) is 16.1 Å². The van der Waals surface area contributed by atoms with Gasteiger partial charge in [-0.2, -0.15) is 0 Å². The van der Waals surface area contributed by atoms with Crippen molar-refractivity contribution in [1.29, 1.82) is 0 Å². The average molecular weight is 354 g/mol. The lowest BCUT2D eigenvalue weighted by Gasteiger charge is -2.12. The summed E-state index contributed by atoms with van der Waals surface area (Å²) >= 11 is 5.26. The topological polar surface area (TPSA) is 29.9 Å². The first-order valence-electron chi connectivity index (χ1n) is 6.70. The number of benzene rings is 1. The summed E-state index contributed by atoms with van der Waals surface area (Å²) in [6.45, 7) is 6.35. The van der Waals surface area contributed by atoms with Gasteiger partial charge in [0.25, 0.3) is 0 Å². The molecule has 0 aliphatic carbocycles. The molecule has 5 heteroatoms. The maximum atomic E-state index is 4.38. The fraction of sp³-hybridized carbons (Fsp3) is 0.400. The van der Waals surface area contributed by atoms with E-state index < -0.39 is 0 Å². The third-order valence-corrected chi connectivity index (χ3v) is 4.56. The standard InChI is InChI=1S/C15H20BrN3S/c1-11(2)9-17-10-12-8-13(16)4-5-14(12)20-15-18-6-7-19(15)3/h4-8,11,17H,9-10H2,1-3H3. The van der Waals surface area contributed by atoms with E-state index in [0.717, 1.165) is 22.7 Å². The highest BCUT2D eigenvalue weighted by Gasteiger charge is 2.08. The number of hydrogen-bond acceptors (Lipinski definition) is 3. The van der Waals surface area contributed by atoms with Gasteiger partial charge in [0.15, 0.2) is 5.16 Å². The minimum absolute atomic E-state index is 0.660. The van der Waals surface area contributed by atoms with Gasteiger partial charge < -0.3 is 9.88 Å². The Labute approximate surface area is 133 Å². The smallest absolute Gasteiger partial charge is 0.172 e. The fourth-order valence-electron chi connectivity index (χ4n) is 1.83. The number of nitrogens with zero attached hydrogens (tertiary/aromatic N) is 2. The normalized spacial score (nSPS) is 11.2. The van der Waals surface area contributed by atoms with Crippen LogP contribution in [0.3, 0.4) is 0 Å². The number of rotatable bonds is 6. The summed E-state index contributed by atoms with van der Waals surface area (Å²) < 4.78 is 3.15. The zero-order valence-electron chi connectivity index (χ0n) is 12.1. The highest BCUT2D eigenvalue weighted by Crippen LogP contribution is 2.30.